The van der Waals surface area contributed by atoms with Gasteiger partial charge in [0.15, 0.2) is 5.15 Å². The van der Waals surface area contributed by atoms with E-state index < -0.39 is 10.0 Å². The normalized spacial score (nSPS) is 11.2. The van der Waals surface area contributed by atoms with Gasteiger partial charge in [0, 0.05) is 28.9 Å². The Morgan fingerprint density at radius 2 is 1.76 bits per heavy atom. The predicted molar refractivity (Wildman–Crippen MR) is 115 cm³/mol. The molecule has 0 aliphatic rings. The van der Waals surface area contributed by atoms with Gasteiger partial charge in [-0.1, -0.05) is 41.8 Å². The van der Waals surface area contributed by atoms with Gasteiger partial charge in [-0.2, -0.15) is 0 Å². The minimum Gasteiger partial charge on any atom is -0.276 e. The summed E-state index contributed by atoms with van der Waals surface area (Å²) in [5.74, 6) is 2.65. The van der Waals surface area contributed by atoms with E-state index in [9.17, 15) is 8.42 Å². The Kier molecular flexibility index (Phi) is 4.93. The van der Waals surface area contributed by atoms with Gasteiger partial charge in [0.1, 0.15) is 0 Å². The quantitative estimate of drug-likeness (QED) is 0.383. The van der Waals surface area contributed by atoms with E-state index in [1.54, 1.807) is 42.7 Å². The van der Waals surface area contributed by atoms with Crippen molar-refractivity contribution in [3.05, 3.63) is 83.8 Å². The summed E-state index contributed by atoms with van der Waals surface area (Å²) in [6.07, 6.45) is 8.83. The van der Waals surface area contributed by atoms with Crippen LogP contribution in [-0.2, 0) is 10.0 Å². The topological polar surface area (TPSA) is 72.0 Å². The Bertz CT molecular complexity index is 1360. The first-order valence-corrected chi connectivity index (χ1v) is 10.4. The number of sulfonamides is 1. The molecule has 142 valence electrons. The Hall–Kier alpha value is -3.40. The van der Waals surface area contributed by atoms with E-state index in [2.05, 4.69) is 20.6 Å². The molecule has 0 saturated carbocycles. The fraction of sp³-hybridized carbons (Fsp3) is 0. The van der Waals surface area contributed by atoms with Crippen molar-refractivity contribution in [3.8, 4) is 23.5 Å². The highest BCUT2D eigenvalue weighted by molar-refractivity contribution is 7.92. The van der Waals surface area contributed by atoms with E-state index in [1.165, 1.54) is 12.1 Å². The van der Waals surface area contributed by atoms with Crippen LogP contribution >= 0.6 is 11.6 Å². The van der Waals surface area contributed by atoms with Crippen LogP contribution in [0.5, 0.6) is 0 Å². The smallest absolute Gasteiger partial charge is 0.261 e. The second kappa shape index (κ2) is 7.55. The summed E-state index contributed by atoms with van der Waals surface area (Å²) in [5.41, 5.74) is 3.19. The molecular formula is C22H14ClN3O2S. The minimum absolute atomic E-state index is 0.0556. The SMILES string of the molecule is C#Cc1ccnc2ccc(-c3cnc(Cl)c(NS(=O)(=O)c4ccccc4)c3)cc12. The molecule has 29 heavy (non-hydrogen) atoms. The molecule has 0 saturated heterocycles. The van der Waals surface area contributed by atoms with Crippen molar-refractivity contribution in [2.45, 2.75) is 4.90 Å². The van der Waals surface area contributed by atoms with E-state index in [0.29, 0.717) is 5.56 Å². The first-order chi connectivity index (χ1) is 14.0. The number of benzene rings is 2. The molecule has 0 atom stereocenters. The molecule has 0 radical (unpaired) electrons. The van der Waals surface area contributed by atoms with Gasteiger partial charge in [0.05, 0.1) is 16.1 Å². The van der Waals surface area contributed by atoms with Crippen LogP contribution in [0.4, 0.5) is 5.69 Å². The predicted octanol–water partition coefficient (Wildman–Crippen LogP) is 4.73. The molecule has 0 fully saturated rings. The van der Waals surface area contributed by atoms with E-state index in [1.807, 2.05) is 18.2 Å². The molecule has 2 aromatic heterocycles. The average Bonchev–Trinajstić information content (AvgIpc) is 2.75. The molecule has 2 aromatic carbocycles. The second-order valence-electron chi connectivity index (χ2n) is 6.22. The monoisotopic (exact) mass is 419 g/mol. The lowest BCUT2D eigenvalue weighted by Crippen LogP contribution is -2.13. The van der Waals surface area contributed by atoms with Crippen LogP contribution in [-0.4, -0.2) is 18.4 Å². The van der Waals surface area contributed by atoms with Gasteiger partial charge >= 0.3 is 0 Å². The van der Waals surface area contributed by atoms with Gasteiger partial charge in [-0.05, 0) is 42.0 Å². The van der Waals surface area contributed by atoms with Crippen molar-refractivity contribution < 1.29 is 8.42 Å². The molecule has 1 N–H and O–H groups in total. The number of anilines is 1. The van der Waals surface area contributed by atoms with E-state index in [0.717, 1.165) is 22.0 Å². The minimum atomic E-state index is -3.79. The van der Waals surface area contributed by atoms with Crippen molar-refractivity contribution in [2.24, 2.45) is 0 Å². The number of halogens is 1. The molecule has 4 rings (SSSR count). The summed E-state index contributed by atoms with van der Waals surface area (Å²) < 4.78 is 27.8. The molecule has 0 aliphatic heterocycles. The Morgan fingerprint density at radius 1 is 0.966 bits per heavy atom. The lowest BCUT2D eigenvalue weighted by molar-refractivity contribution is 0.601. The average molecular weight is 420 g/mol. The standard InChI is InChI=1S/C22H14ClN3O2S/c1-2-15-10-11-24-20-9-8-16(12-19(15)20)17-13-21(22(23)25-14-17)26-29(27,28)18-6-4-3-5-7-18/h1,3-14,26H. The van der Waals surface area contributed by atoms with Crippen LogP contribution in [0.1, 0.15) is 5.56 Å². The number of aromatic nitrogens is 2. The molecule has 5 nitrogen and oxygen atoms in total. The van der Waals surface area contributed by atoms with Gasteiger partial charge in [0.25, 0.3) is 10.0 Å². The number of nitrogens with zero attached hydrogens (tertiary/aromatic N) is 2. The maximum Gasteiger partial charge on any atom is 0.261 e. The van der Waals surface area contributed by atoms with Crippen molar-refractivity contribution in [2.75, 3.05) is 4.72 Å². The zero-order valence-electron chi connectivity index (χ0n) is 15.0. The van der Waals surface area contributed by atoms with Crippen LogP contribution in [0, 0.1) is 12.3 Å². The van der Waals surface area contributed by atoms with Crippen molar-refractivity contribution in [1.82, 2.24) is 9.97 Å². The fourth-order valence-electron chi connectivity index (χ4n) is 2.93. The third-order valence-corrected chi connectivity index (χ3v) is 6.05. The number of rotatable bonds is 4. The lowest BCUT2D eigenvalue weighted by atomic mass is 10.0. The van der Waals surface area contributed by atoms with E-state index in [4.69, 9.17) is 18.0 Å². The summed E-state index contributed by atoms with van der Waals surface area (Å²) >= 11 is 6.15. The number of nitrogens with one attached hydrogen (secondary N) is 1. The third kappa shape index (κ3) is 3.79. The highest BCUT2D eigenvalue weighted by Gasteiger charge is 2.16. The van der Waals surface area contributed by atoms with Gasteiger partial charge in [-0.3, -0.25) is 9.71 Å². The summed E-state index contributed by atoms with van der Waals surface area (Å²) in [6, 6.07) is 17.1. The van der Waals surface area contributed by atoms with Gasteiger partial charge in [-0.15, -0.1) is 6.42 Å². The van der Waals surface area contributed by atoms with Crippen LogP contribution < -0.4 is 4.72 Å². The fourth-order valence-corrected chi connectivity index (χ4v) is 4.22. The molecule has 2 heterocycles. The Morgan fingerprint density at radius 3 is 2.52 bits per heavy atom. The second-order valence-corrected chi connectivity index (χ2v) is 8.26. The highest BCUT2D eigenvalue weighted by atomic mass is 35.5. The number of terminal acetylenes is 1. The van der Waals surface area contributed by atoms with Crippen molar-refractivity contribution in [3.63, 3.8) is 0 Å². The van der Waals surface area contributed by atoms with Gasteiger partial charge in [0.2, 0.25) is 0 Å². The van der Waals surface area contributed by atoms with Crippen LogP contribution in [0.2, 0.25) is 5.15 Å². The summed E-state index contributed by atoms with van der Waals surface area (Å²) in [5, 5.41) is 0.883. The van der Waals surface area contributed by atoms with Crippen molar-refractivity contribution in [1.29, 1.82) is 0 Å². The first-order valence-electron chi connectivity index (χ1n) is 8.57. The zero-order chi connectivity index (χ0) is 20.4. The van der Waals surface area contributed by atoms with Crippen LogP contribution in [0.3, 0.4) is 0 Å². The highest BCUT2D eigenvalue weighted by Crippen LogP contribution is 2.30. The van der Waals surface area contributed by atoms with E-state index in [-0.39, 0.29) is 15.7 Å². The summed E-state index contributed by atoms with van der Waals surface area (Å²) in [7, 11) is -3.79. The molecule has 0 unspecified atom stereocenters. The zero-order valence-corrected chi connectivity index (χ0v) is 16.6. The summed E-state index contributed by atoms with van der Waals surface area (Å²) in [4.78, 5) is 8.59. The Labute approximate surface area is 173 Å². The third-order valence-electron chi connectivity index (χ3n) is 4.37. The molecule has 0 bridgehead atoms. The summed E-state index contributed by atoms with van der Waals surface area (Å²) in [6.45, 7) is 0. The maximum absolute atomic E-state index is 12.6. The largest absolute Gasteiger partial charge is 0.276 e. The van der Waals surface area contributed by atoms with Crippen LogP contribution in [0.25, 0.3) is 22.0 Å². The molecular weight excluding hydrogens is 406 g/mol. The molecule has 7 heteroatoms. The van der Waals surface area contributed by atoms with Gasteiger partial charge in [-0.25, -0.2) is 13.4 Å². The molecule has 4 aromatic rings. The molecule has 0 amide bonds. The molecule has 0 aliphatic carbocycles. The number of fused-ring (bicyclic) bond motifs is 1. The Balaban J connectivity index is 1.76. The number of pyridine rings is 2. The number of hydrogen-bond acceptors (Lipinski definition) is 4. The lowest BCUT2D eigenvalue weighted by Gasteiger charge is -2.11. The van der Waals surface area contributed by atoms with Crippen LogP contribution in [0.15, 0.2) is 78.0 Å². The first kappa shape index (κ1) is 18.9. The van der Waals surface area contributed by atoms with E-state index >= 15 is 0 Å². The maximum atomic E-state index is 12.6. The van der Waals surface area contributed by atoms with Crippen molar-refractivity contribution >= 4 is 38.2 Å². The number of hydrogen-bond donors (Lipinski definition) is 1. The van der Waals surface area contributed by atoms with Gasteiger partial charge < -0.3 is 0 Å². The molecule has 0 spiro atoms.